The monoisotopic (exact) mass is 280 g/mol. The molecule has 0 saturated heterocycles. The van der Waals surface area contributed by atoms with Gasteiger partial charge in [0.2, 0.25) is 5.91 Å². The third-order valence-corrected chi connectivity index (χ3v) is 2.99. The highest BCUT2D eigenvalue weighted by molar-refractivity contribution is 5.93. The van der Waals surface area contributed by atoms with Gasteiger partial charge >= 0.3 is 5.97 Å². The Morgan fingerprint density at radius 3 is 2.60 bits per heavy atom. The molecule has 0 saturated carbocycles. The lowest BCUT2D eigenvalue weighted by Crippen LogP contribution is -2.32. The first-order valence-corrected chi connectivity index (χ1v) is 6.26. The van der Waals surface area contributed by atoms with Crippen molar-refractivity contribution in [1.82, 2.24) is 4.90 Å². The highest BCUT2D eigenvalue weighted by atomic mass is 16.5. The zero-order chi connectivity index (χ0) is 15.1. The fraction of sp³-hybridized carbons (Fsp3) is 0.429. The van der Waals surface area contributed by atoms with E-state index in [4.69, 9.17) is 15.6 Å². The summed E-state index contributed by atoms with van der Waals surface area (Å²) in [5.74, 6) is -1.35. The molecule has 0 spiro atoms. The summed E-state index contributed by atoms with van der Waals surface area (Å²) in [4.78, 5) is 23.7. The number of aryl methyl sites for hydroxylation is 1. The zero-order valence-electron chi connectivity index (χ0n) is 11.8. The first-order chi connectivity index (χ1) is 9.43. The fourth-order valence-corrected chi connectivity index (χ4v) is 1.89. The van der Waals surface area contributed by atoms with E-state index in [0.717, 1.165) is 11.1 Å². The molecular weight excluding hydrogens is 260 g/mol. The predicted molar refractivity (Wildman–Crippen MR) is 74.5 cm³/mol. The summed E-state index contributed by atoms with van der Waals surface area (Å²) < 4.78 is 4.98. The number of nitrogens with two attached hydrogens (primary N) is 1. The highest BCUT2D eigenvalue weighted by Crippen LogP contribution is 2.13. The predicted octanol–water partition coefficient (Wildman–Crippen LogP) is 0.627. The molecule has 0 heterocycles. The Balaban J connectivity index is 2.81. The quantitative estimate of drug-likeness (QED) is 0.728. The number of carboxylic acids is 1. The number of hydrogen-bond acceptors (Lipinski definition) is 4. The number of amides is 1. The maximum absolute atomic E-state index is 11.1. The second kappa shape index (κ2) is 7.62. The van der Waals surface area contributed by atoms with Crippen LogP contribution in [0.3, 0.4) is 0 Å². The van der Waals surface area contributed by atoms with E-state index in [1.165, 1.54) is 0 Å². The Kier molecular flexibility index (Phi) is 6.14. The Morgan fingerprint density at radius 2 is 2.10 bits per heavy atom. The number of hydrogen-bond donors (Lipinski definition) is 2. The van der Waals surface area contributed by atoms with Crippen LogP contribution < -0.4 is 5.73 Å². The Labute approximate surface area is 118 Å². The van der Waals surface area contributed by atoms with Crippen molar-refractivity contribution in [3.63, 3.8) is 0 Å². The van der Waals surface area contributed by atoms with E-state index in [1.807, 2.05) is 6.92 Å². The van der Waals surface area contributed by atoms with Gasteiger partial charge in [0.15, 0.2) is 0 Å². The van der Waals surface area contributed by atoms with Gasteiger partial charge in [-0.2, -0.15) is 0 Å². The molecular formula is C14H20N2O4. The van der Waals surface area contributed by atoms with Crippen LogP contribution >= 0.6 is 0 Å². The molecule has 20 heavy (non-hydrogen) atoms. The van der Waals surface area contributed by atoms with Gasteiger partial charge in [0, 0.05) is 25.8 Å². The number of carboxylic acid groups (broad SMARTS) is 1. The normalized spacial score (nSPS) is 10.8. The third-order valence-electron chi connectivity index (χ3n) is 2.99. The molecule has 6 heteroatoms. The second-order valence-corrected chi connectivity index (χ2v) is 4.60. The van der Waals surface area contributed by atoms with E-state index >= 15 is 0 Å². The van der Waals surface area contributed by atoms with Gasteiger partial charge < -0.3 is 15.6 Å². The Bertz CT molecular complexity index is 488. The lowest BCUT2D eigenvalue weighted by Gasteiger charge is -2.21. The molecule has 0 bridgehead atoms. The van der Waals surface area contributed by atoms with Crippen LogP contribution in [0.15, 0.2) is 18.2 Å². The maximum atomic E-state index is 11.1. The molecule has 1 aromatic carbocycles. The summed E-state index contributed by atoms with van der Waals surface area (Å²) in [7, 11) is 1.58. The number of rotatable bonds is 8. The number of carbonyl (C=O) groups excluding carboxylic acids is 1. The summed E-state index contributed by atoms with van der Waals surface area (Å²) >= 11 is 0. The summed E-state index contributed by atoms with van der Waals surface area (Å²) in [6.45, 7) is 3.30. The molecule has 0 unspecified atom stereocenters. The summed E-state index contributed by atoms with van der Waals surface area (Å²) in [6.07, 6.45) is 0. The molecule has 6 nitrogen and oxygen atoms in total. The largest absolute Gasteiger partial charge is 0.480 e. The number of methoxy groups -OCH3 is 1. The minimum Gasteiger partial charge on any atom is -0.480 e. The van der Waals surface area contributed by atoms with Gasteiger partial charge in [-0.25, -0.2) is 0 Å². The van der Waals surface area contributed by atoms with Crippen LogP contribution in [-0.4, -0.2) is 48.7 Å². The van der Waals surface area contributed by atoms with Crippen LogP contribution in [0.4, 0.5) is 0 Å². The number of nitrogens with zero attached hydrogens (tertiary/aromatic N) is 1. The van der Waals surface area contributed by atoms with E-state index in [2.05, 4.69) is 0 Å². The number of aliphatic carboxylic acids is 1. The molecule has 3 N–H and O–H groups in total. The molecule has 110 valence electrons. The molecule has 0 radical (unpaired) electrons. The van der Waals surface area contributed by atoms with Crippen LogP contribution in [0.2, 0.25) is 0 Å². The third kappa shape index (κ3) is 4.99. The van der Waals surface area contributed by atoms with Crippen molar-refractivity contribution < 1.29 is 19.4 Å². The average Bonchev–Trinajstić information content (AvgIpc) is 2.37. The van der Waals surface area contributed by atoms with Crippen molar-refractivity contribution in [3.05, 3.63) is 34.9 Å². The maximum Gasteiger partial charge on any atom is 0.317 e. The number of ether oxygens (including phenoxy) is 1. The lowest BCUT2D eigenvalue weighted by molar-refractivity contribution is -0.138. The Hall–Kier alpha value is -1.92. The first-order valence-electron chi connectivity index (χ1n) is 6.26. The number of benzene rings is 1. The molecule has 0 aliphatic rings. The van der Waals surface area contributed by atoms with E-state index in [0.29, 0.717) is 25.3 Å². The van der Waals surface area contributed by atoms with Crippen molar-refractivity contribution in [2.45, 2.75) is 13.5 Å². The van der Waals surface area contributed by atoms with Crippen molar-refractivity contribution in [2.24, 2.45) is 5.73 Å². The standard InChI is InChI=1S/C14H20N2O4/c1-10-7-11(14(15)19)3-4-12(10)8-16(5-6-20-2)9-13(17)18/h3-4,7H,5-6,8-9H2,1-2H3,(H2,15,19)(H,17,18). The smallest absolute Gasteiger partial charge is 0.317 e. The number of primary amides is 1. The van der Waals surface area contributed by atoms with Crippen LogP contribution in [0.25, 0.3) is 0 Å². The topological polar surface area (TPSA) is 92.9 Å². The second-order valence-electron chi connectivity index (χ2n) is 4.60. The summed E-state index contributed by atoms with van der Waals surface area (Å²) in [6, 6.07) is 5.17. The van der Waals surface area contributed by atoms with Crippen molar-refractivity contribution in [2.75, 3.05) is 26.8 Å². The Morgan fingerprint density at radius 1 is 1.40 bits per heavy atom. The molecule has 1 rings (SSSR count). The lowest BCUT2D eigenvalue weighted by atomic mass is 10.0. The zero-order valence-corrected chi connectivity index (χ0v) is 11.8. The molecule has 0 aliphatic heterocycles. The fourth-order valence-electron chi connectivity index (χ4n) is 1.89. The molecule has 1 aromatic rings. The summed E-state index contributed by atoms with van der Waals surface area (Å²) in [5, 5.41) is 8.90. The van der Waals surface area contributed by atoms with Crippen molar-refractivity contribution in [3.8, 4) is 0 Å². The molecule has 0 aromatic heterocycles. The van der Waals surface area contributed by atoms with Gasteiger partial charge in [-0.3, -0.25) is 14.5 Å². The van der Waals surface area contributed by atoms with E-state index in [9.17, 15) is 9.59 Å². The minimum absolute atomic E-state index is 0.0552. The average molecular weight is 280 g/mol. The van der Waals surface area contributed by atoms with Crippen molar-refractivity contribution >= 4 is 11.9 Å². The molecule has 0 fully saturated rings. The highest BCUT2D eigenvalue weighted by Gasteiger charge is 2.12. The van der Waals surface area contributed by atoms with Gasteiger partial charge in [-0.05, 0) is 30.2 Å². The first kappa shape index (κ1) is 16.1. The van der Waals surface area contributed by atoms with Crippen LogP contribution in [0, 0.1) is 6.92 Å². The number of carbonyl (C=O) groups is 2. The van der Waals surface area contributed by atoms with Crippen molar-refractivity contribution in [1.29, 1.82) is 0 Å². The van der Waals surface area contributed by atoms with Crippen LogP contribution in [0.5, 0.6) is 0 Å². The van der Waals surface area contributed by atoms with E-state index < -0.39 is 11.9 Å². The van der Waals surface area contributed by atoms with E-state index in [1.54, 1.807) is 30.2 Å². The SMILES string of the molecule is COCCN(CC(=O)O)Cc1ccc(C(N)=O)cc1C. The van der Waals surface area contributed by atoms with Gasteiger partial charge in [-0.15, -0.1) is 0 Å². The molecule has 0 aliphatic carbocycles. The van der Waals surface area contributed by atoms with Gasteiger partial charge in [-0.1, -0.05) is 6.07 Å². The molecule has 0 atom stereocenters. The van der Waals surface area contributed by atoms with Crippen LogP contribution in [0.1, 0.15) is 21.5 Å². The van der Waals surface area contributed by atoms with Gasteiger partial charge in [0.05, 0.1) is 13.2 Å². The summed E-state index contributed by atoms with van der Waals surface area (Å²) in [5.41, 5.74) is 7.55. The van der Waals surface area contributed by atoms with Gasteiger partial charge in [0.1, 0.15) is 0 Å². The van der Waals surface area contributed by atoms with E-state index in [-0.39, 0.29) is 6.54 Å². The minimum atomic E-state index is -0.882. The van der Waals surface area contributed by atoms with Crippen LogP contribution in [-0.2, 0) is 16.1 Å². The van der Waals surface area contributed by atoms with Gasteiger partial charge in [0.25, 0.3) is 0 Å². The molecule has 1 amide bonds.